The molecule has 0 bridgehead atoms. The number of hydrogen-bond donors (Lipinski definition) is 1. The minimum absolute atomic E-state index is 0.0462. The van der Waals surface area contributed by atoms with Crippen LogP contribution in [0.15, 0.2) is 23.1 Å². The molecule has 6 heteroatoms. The van der Waals surface area contributed by atoms with E-state index in [0.717, 1.165) is 12.1 Å². The van der Waals surface area contributed by atoms with E-state index in [1.54, 1.807) is 13.0 Å². The molecule has 0 radical (unpaired) electrons. The molecular formula is C10H11FN2O2S. The summed E-state index contributed by atoms with van der Waals surface area (Å²) < 4.78 is 36.7. The number of anilines is 1. The number of sulfone groups is 1. The zero-order valence-corrected chi connectivity index (χ0v) is 9.46. The molecule has 1 atom stereocenters. The third-order valence-electron chi connectivity index (χ3n) is 2.17. The number of nitrogens with zero attached hydrogens (tertiary/aromatic N) is 1. The third-order valence-corrected chi connectivity index (χ3v) is 4.33. The molecule has 0 aliphatic carbocycles. The molecule has 0 saturated carbocycles. The van der Waals surface area contributed by atoms with Crippen LogP contribution in [0.5, 0.6) is 0 Å². The Balaban J connectivity index is 3.39. The van der Waals surface area contributed by atoms with Crippen molar-refractivity contribution in [2.75, 3.05) is 5.73 Å². The van der Waals surface area contributed by atoms with E-state index in [-0.39, 0.29) is 17.0 Å². The lowest BCUT2D eigenvalue weighted by atomic mass is 10.3. The van der Waals surface area contributed by atoms with Gasteiger partial charge in [-0.15, -0.1) is 0 Å². The number of rotatable bonds is 3. The fraction of sp³-hybridized carbons (Fsp3) is 0.300. The van der Waals surface area contributed by atoms with Gasteiger partial charge in [-0.3, -0.25) is 0 Å². The van der Waals surface area contributed by atoms with Crippen molar-refractivity contribution < 1.29 is 12.8 Å². The summed E-state index contributed by atoms with van der Waals surface area (Å²) in [6.45, 7) is 1.57. The number of nitrogens with two attached hydrogens (primary N) is 1. The van der Waals surface area contributed by atoms with Crippen molar-refractivity contribution in [3.63, 3.8) is 0 Å². The predicted molar refractivity (Wildman–Crippen MR) is 57.7 cm³/mol. The van der Waals surface area contributed by atoms with Crippen LogP contribution in [-0.4, -0.2) is 13.7 Å². The van der Waals surface area contributed by atoms with Crippen LogP contribution in [0.4, 0.5) is 10.1 Å². The van der Waals surface area contributed by atoms with Gasteiger partial charge in [0.25, 0.3) is 0 Å². The first-order valence-corrected chi connectivity index (χ1v) is 6.16. The highest BCUT2D eigenvalue weighted by Gasteiger charge is 2.28. The highest BCUT2D eigenvalue weighted by molar-refractivity contribution is 7.92. The summed E-state index contributed by atoms with van der Waals surface area (Å²) in [6, 6.07) is 4.75. The van der Waals surface area contributed by atoms with Gasteiger partial charge in [0.1, 0.15) is 5.82 Å². The number of nitriles is 1. The van der Waals surface area contributed by atoms with E-state index in [1.165, 1.54) is 6.07 Å². The summed E-state index contributed by atoms with van der Waals surface area (Å²) in [4.78, 5) is -0.319. The van der Waals surface area contributed by atoms with Gasteiger partial charge in [0.2, 0.25) is 0 Å². The Hall–Kier alpha value is -1.61. The third kappa shape index (κ3) is 2.14. The summed E-state index contributed by atoms with van der Waals surface area (Å²) in [5.41, 5.74) is 5.42. The fourth-order valence-corrected chi connectivity index (χ4v) is 2.85. The van der Waals surface area contributed by atoms with Crippen molar-refractivity contribution in [2.24, 2.45) is 0 Å². The Bertz CT molecular complexity index is 534. The van der Waals surface area contributed by atoms with Crippen LogP contribution in [0, 0.1) is 17.1 Å². The lowest BCUT2D eigenvalue weighted by molar-refractivity contribution is 0.583. The quantitative estimate of drug-likeness (QED) is 0.814. The maximum absolute atomic E-state index is 12.9. The molecule has 16 heavy (non-hydrogen) atoms. The smallest absolute Gasteiger partial charge is 0.196 e. The lowest BCUT2D eigenvalue weighted by Crippen LogP contribution is -2.20. The molecule has 86 valence electrons. The highest BCUT2D eigenvalue weighted by atomic mass is 32.2. The van der Waals surface area contributed by atoms with E-state index in [0.29, 0.717) is 0 Å². The topological polar surface area (TPSA) is 84.0 Å². The van der Waals surface area contributed by atoms with Crippen LogP contribution >= 0.6 is 0 Å². The number of nitrogen functional groups attached to an aromatic ring is 1. The first-order chi connectivity index (χ1) is 7.43. The molecule has 0 spiro atoms. The molecule has 1 rings (SSSR count). The number of hydrogen-bond acceptors (Lipinski definition) is 4. The van der Waals surface area contributed by atoms with Gasteiger partial charge in [-0.25, -0.2) is 12.8 Å². The van der Waals surface area contributed by atoms with E-state index < -0.39 is 20.9 Å². The molecule has 1 unspecified atom stereocenters. The second-order valence-corrected chi connectivity index (χ2v) is 5.35. The molecule has 1 aromatic carbocycles. The van der Waals surface area contributed by atoms with Gasteiger partial charge in [0.05, 0.1) is 16.7 Å². The summed E-state index contributed by atoms with van der Waals surface area (Å²) in [6.07, 6.45) is 0.134. The standard InChI is InChI=1S/C10H11FN2O2S/c1-2-8(6-12)16(14,15)10-5-7(11)3-4-9(10)13/h3-5,8H,2,13H2,1H3. The van der Waals surface area contributed by atoms with Gasteiger partial charge in [-0.2, -0.15) is 5.26 Å². The monoisotopic (exact) mass is 242 g/mol. The van der Waals surface area contributed by atoms with Gasteiger partial charge in [0, 0.05) is 0 Å². The molecule has 0 fully saturated rings. The van der Waals surface area contributed by atoms with Gasteiger partial charge in [0.15, 0.2) is 15.1 Å². The molecule has 0 aromatic heterocycles. The van der Waals surface area contributed by atoms with Crippen LogP contribution in [-0.2, 0) is 9.84 Å². The number of halogens is 1. The van der Waals surface area contributed by atoms with Crippen molar-refractivity contribution in [3.05, 3.63) is 24.0 Å². The van der Waals surface area contributed by atoms with Gasteiger partial charge in [-0.05, 0) is 24.6 Å². The summed E-state index contributed by atoms with van der Waals surface area (Å²) in [7, 11) is -3.88. The van der Waals surface area contributed by atoms with E-state index >= 15 is 0 Å². The van der Waals surface area contributed by atoms with Crippen molar-refractivity contribution in [3.8, 4) is 6.07 Å². The minimum atomic E-state index is -3.88. The molecule has 1 aromatic rings. The highest BCUT2D eigenvalue weighted by Crippen LogP contribution is 2.24. The van der Waals surface area contributed by atoms with Crippen LogP contribution in [0.25, 0.3) is 0 Å². The average Bonchev–Trinajstić information content (AvgIpc) is 2.23. The molecule has 0 heterocycles. The second kappa shape index (κ2) is 4.49. The van der Waals surface area contributed by atoms with Crippen LogP contribution in [0.3, 0.4) is 0 Å². The Morgan fingerprint density at radius 2 is 2.19 bits per heavy atom. The maximum atomic E-state index is 12.9. The Morgan fingerprint density at radius 1 is 1.56 bits per heavy atom. The normalized spacial score (nSPS) is 13.1. The predicted octanol–water partition coefficient (Wildman–Crippen LogP) is 1.48. The lowest BCUT2D eigenvalue weighted by Gasteiger charge is -2.10. The average molecular weight is 242 g/mol. The Labute approximate surface area is 93.4 Å². The maximum Gasteiger partial charge on any atom is 0.196 e. The fourth-order valence-electron chi connectivity index (χ4n) is 1.29. The van der Waals surface area contributed by atoms with Crippen LogP contribution in [0.2, 0.25) is 0 Å². The molecule has 2 N–H and O–H groups in total. The molecule has 0 aliphatic heterocycles. The van der Waals surface area contributed by atoms with E-state index in [1.807, 2.05) is 0 Å². The van der Waals surface area contributed by atoms with Gasteiger partial charge >= 0.3 is 0 Å². The van der Waals surface area contributed by atoms with E-state index in [9.17, 15) is 12.8 Å². The Morgan fingerprint density at radius 3 is 2.69 bits per heavy atom. The summed E-state index contributed by atoms with van der Waals surface area (Å²) in [5, 5.41) is 7.52. The van der Waals surface area contributed by atoms with Crippen molar-refractivity contribution >= 4 is 15.5 Å². The first kappa shape index (κ1) is 12.5. The van der Waals surface area contributed by atoms with Crippen molar-refractivity contribution in [2.45, 2.75) is 23.5 Å². The van der Waals surface area contributed by atoms with Gasteiger partial charge < -0.3 is 5.73 Å². The van der Waals surface area contributed by atoms with Crippen LogP contribution in [0.1, 0.15) is 13.3 Å². The van der Waals surface area contributed by atoms with Gasteiger partial charge in [-0.1, -0.05) is 6.92 Å². The zero-order valence-electron chi connectivity index (χ0n) is 8.64. The molecular weight excluding hydrogens is 231 g/mol. The molecule has 0 saturated heterocycles. The molecule has 4 nitrogen and oxygen atoms in total. The second-order valence-electron chi connectivity index (χ2n) is 3.25. The molecule has 0 aliphatic rings. The number of benzene rings is 1. The SMILES string of the molecule is CCC(C#N)S(=O)(=O)c1cc(F)ccc1N. The largest absolute Gasteiger partial charge is 0.398 e. The first-order valence-electron chi connectivity index (χ1n) is 4.62. The van der Waals surface area contributed by atoms with Crippen LogP contribution < -0.4 is 5.73 Å². The Kier molecular flexibility index (Phi) is 3.50. The minimum Gasteiger partial charge on any atom is -0.398 e. The van der Waals surface area contributed by atoms with E-state index in [4.69, 9.17) is 11.0 Å². The van der Waals surface area contributed by atoms with E-state index in [2.05, 4.69) is 0 Å². The zero-order chi connectivity index (χ0) is 12.3. The molecule has 0 amide bonds. The van der Waals surface area contributed by atoms with Crippen molar-refractivity contribution in [1.29, 1.82) is 5.26 Å². The summed E-state index contributed by atoms with van der Waals surface area (Å²) in [5.74, 6) is -0.694. The van der Waals surface area contributed by atoms with Crippen molar-refractivity contribution in [1.82, 2.24) is 0 Å². The summed E-state index contributed by atoms with van der Waals surface area (Å²) >= 11 is 0.